The van der Waals surface area contributed by atoms with Crippen LogP contribution in [-0.2, 0) is 91.5 Å². The van der Waals surface area contributed by atoms with Gasteiger partial charge in [0.15, 0.2) is 0 Å². The van der Waals surface area contributed by atoms with Gasteiger partial charge in [0.25, 0.3) is 0 Å². The van der Waals surface area contributed by atoms with E-state index >= 15 is 0 Å². The molecule has 0 aliphatic carbocycles. The molecule has 1 N–H and O–H groups in total. The Morgan fingerprint density at radius 3 is 1.00 bits per heavy atom. The summed E-state index contributed by atoms with van der Waals surface area (Å²) >= 11 is 0. The minimum absolute atomic E-state index is 0. The van der Waals surface area contributed by atoms with Crippen LogP contribution in [0.5, 0.6) is 0 Å². The van der Waals surface area contributed by atoms with Crippen LogP contribution in [0.4, 0.5) is 0 Å². The number of ether oxygens (including phenoxy) is 4. The van der Waals surface area contributed by atoms with Gasteiger partial charge < -0.3 is 24.3 Å². The zero-order valence-electron chi connectivity index (χ0n) is 30.8. The predicted octanol–water partition coefficient (Wildman–Crippen LogP) is 5.11. The Kier molecular flexibility index (Phi) is 34.9. The predicted molar refractivity (Wildman–Crippen MR) is 189 cm³/mol. The molecule has 0 aromatic carbocycles. The lowest BCUT2D eigenvalue weighted by atomic mass is 10.0. The van der Waals surface area contributed by atoms with E-state index in [1.54, 1.807) is 0 Å². The van der Waals surface area contributed by atoms with E-state index in [0.717, 1.165) is 19.4 Å². The summed E-state index contributed by atoms with van der Waals surface area (Å²) in [6.45, 7) is 1.67. The van der Waals surface area contributed by atoms with Crippen molar-refractivity contribution in [3.63, 3.8) is 0 Å². The van der Waals surface area contributed by atoms with Gasteiger partial charge in [-0.25, -0.2) is 18.3 Å². The van der Waals surface area contributed by atoms with E-state index in [-0.39, 0.29) is 106 Å². The molecule has 52 heavy (non-hydrogen) atoms. The van der Waals surface area contributed by atoms with E-state index in [9.17, 15) is 18.3 Å². The third-order valence-corrected chi connectivity index (χ3v) is 11.8. The van der Waals surface area contributed by atoms with Crippen LogP contribution in [-0.4, -0.2) is 149 Å². The zero-order chi connectivity index (χ0) is 38.3. The molecular weight excluding hydrogens is 782 g/mol. The van der Waals surface area contributed by atoms with Crippen molar-refractivity contribution >= 4 is 31.3 Å². The highest BCUT2D eigenvalue weighted by molar-refractivity contribution is 7.49. The second-order valence-corrected chi connectivity index (χ2v) is 17.0. The molecule has 21 nitrogen and oxygen atoms in total. The molecule has 2 unspecified atom stereocenters. The Bertz CT molecular complexity index is 942. The van der Waals surface area contributed by atoms with Crippen LogP contribution < -0.4 is 5.32 Å². The largest absolute Gasteiger partial charge is 0.474 e. The zero-order valence-corrected chi connectivity index (χ0v) is 34.3. The van der Waals surface area contributed by atoms with Gasteiger partial charge in [0, 0.05) is 48.6 Å². The van der Waals surface area contributed by atoms with Gasteiger partial charge in [0.05, 0.1) is 92.5 Å². The molecule has 0 fully saturated rings. The van der Waals surface area contributed by atoms with Crippen molar-refractivity contribution in [3.05, 3.63) is 0 Å². The van der Waals surface area contributed by atoms with Crippen LogP contribution in [0.2, 0.25) is 0 Å². The van der Waals surface area contributed by atoms with Gasteiger partial charge in [-0.2, -0.15) is 0 Å². The molecule has 0 heterocycles. The maximum atomic E-state index is 13.0. The van der Waals surface area contributed by atoms with Gasteiger partial charge in [-0.3, -0.25) is 54.3 Å². The van der Waals surface area contributed by atoms with Crippen molar-refractivity contribution in [3.8, 4) is 0 Å². The van der Waals surface area contributed by atoms with Crippen LogP contribution >= 0.6 is 31.3 Å². The van der Waals surface area contributed by atoms with Gasteiger partial charge in [0.1, 0.15) is 0 Å². The average Bonchev–Trinajstić information content (AvgIpc) is 3.15. The lowest BCUT2D eigenvalue weighted by molar-refractivity contribution is 0.0137. The third-order valence-electron chi connectivity index (χ3n) is 6.22. The molecule has 0 aromatic heterocycles. The third kappa shape index (κ3) is 27.8. The maximum Gasteiger partial charge on any atom is 0.474 e. The molecule has 0 rings (SSSR count). The topological polar surface area (TPSA) is 228 Å². The Morgan fingerprint density at radius 1 is 0.423 bits per heavy atom. The molecule has 316 valence electrons. The Morgan fingerprint density at radius 2 is 0.712 bits per heavy atom. The van der Waals surface area contributed by atoms with Crippen LogP contribution in [0, 0.1) is 5.92 Å². The van der Waals surface area contributed by atoms with Crippen molar-refractivity contribution in [2.75, 3.05) is 149 Å². The van der Waals surface area contributed by atoms with E-state index in [4.69, 9.17) is 55.1 Å². The van der Waals surface area contributed by atoms with Crippen LogP contribution in [0.15, 0.2) is 0 Å². The van der Waals surface area contributed by atoms with Crippen LogP contribution in [0.25, 0.3) is 0 Å². The van der Waals surface area contributed by atoms with Crippen molar-refractivity contribution in [1.29, 1.82) is 0 Å². The van der Waals surface area contributed by atoms with E-state index < -0.39 is 31.3 Å². The highest BCUT2D eigenvalue weighted by Crippen LogP contribution is 2.51. The number of phosphoric ester groups is 4. The molecule has 0 bridgehead atoms. The Labute approximate surface area is 309 Å². The second-order valence-electron chi connectivity index (χ2n) is 9.72. The molecular formula is C27H63NO20P4. The molecule has 0 saturated carbocycles. The summed E-state index contributed by atoms with van der Waals surface area (Å²) in [5.41, 5.74) is 0. The van der Waals surface area contributed by atoms with Crippen LogP contribution in [0.3, 0.4) is 0 Å². The normalized spacial score (nSPS) is 15.2. The van der Waals surface area contributed by atoms with Gasteiger partial charge in [-0.1, -0.05) is 13.8 Å². The summed E-state index contributed by atoms with van der Waals surface area (Å²) in [7, 11) is -5.91. The maximum absolute atomic E-state index is 13.0. The first kappa shape index (κ1) is 54.3. The molecule has 0 radical (unpaired) electrons. The lowest BCUT2D eigenvalue weighted by Crippen LogP contribution is -2.18. The number of hydrogen-bond donors (Lipinski definition) is 1. The van der Waals surface area contributed by atoms with Crippen molar-refractivity contribution in [2.45, 2.75) is 26.7 Å². The van der Waals surface area contributed by atoms with Crippen molar-refractivity contribution in [1.82, 2.24) is 5.32 Å². The summed E-state index contributed by atoms with van der Waals surface area (Å²) in [5.74, 6) is -0.362. The lowest BCUT2D eigenvalue weighted by Gasteiger charge is -2.23. The second kappa shape index (κ2) is 33.4. The first-order valence-corrected chi connectivity index (χ1v) is 21.8. The standard InChI is InChI=1S/C26H59NO20P4.CH4/c1-27-11-9-8-10-26(24-46-50(30,36-6)44-22-18-40-14-12-38-16-20-42-48(28,32-2)33-3)25-47-51(31,37-7)45-23-19-41-15-13-39-17-21-43-49(29,34-4)35-5;/h26-27H,8-25H2,1-7H3;1H4. The molecule has 0 aromatic rings. The fourth-order valence-electron chi connectivity index (χ4n) is 3.46. The Balaban J connectivity index is 0. The smallest absolute Gasteiger partial charge is 0.377 e. The summed E-state index contributed by atoms with van der Waals surface area (Å²) in [5, 5.41) is 3.07. The molecule has 25 heteroatoms. The van der Waals surface area contributed by atoms with E-state index in [1.165, 1.54) is 42.7 Å². The van der Waals surface area contributed by atoms with E-state index in [1.807, 2.05) is 7.05 Å². The first-order chi connectivity index (χ1) is 24.4. The monoisotopic (exact) mass is 845 g/mol. The van der Waals surface area contributed by atoms with E-state index in [2.05, 4.69) is 23.4 Å². The van der Waals surface area contributed by atoms with Crippen molar-refractivity contribution in [2.24, 2.45) is 5.92 Å². The summed E-state index contributed by atoms with van der Waals surface area (Å²) in [4.78, 5) is 0. The number of nitrogens with one attached hydrogen (secondary N) is 1. The molecule has 2 atom stereocenters. The Hall–Kier alpha value is 0.240. The van der Waals surface area contributed by atoms with Gasteiger partial charge in [-0.05, 0) is 26.4 Å². The van der Waals surface area contributed by atoms with Crippen molar-refractivity contribution < 1.29 is 91.5 Å². The van der Waals surface area contributed by atoms with Gasteiger partial charge in [-0.15, -0.1) is 0 Å². The molecule has 0 aliphatic rings. The first-order valence-electron chi connectivity index (χ1n) is 16.0. The summed E-state index contributed by atoms with van der Waals surface area (Å²) in [6, 6.07) is 0. The molecule has 0 spiro atoms. The minimum atomic E-state index is -3.95. The molecule has 0 saturated heterocycles. The quantitative estimate of drug-likeness (QED) is 0.0626. The highest BCUT2D eigenvalue weighted by Gasteiger charge is 2.30. The SMILES string of the molecule is C.CNCCCCC(COP(=O)(OC)OCCOCCOCCOP(=O)(OC)OC)COP(=O)(OC)OCCOCCOCCOP(=O)(OC)OC. The fourth-order valence-corrected chi connectivity index (χ4v) is 6.73. The van der Waals surface area contributed by atoms with Gasteiger partial charge in [0.2, 0.25) is 0 Å². The fraction of sp³-hybridized carbons (Fsp3) is 1.00. The minimum Gasteiger partial charge on any atom is -0.377 e. The van der Waals surface area contributed by atoms with Crippen LogP contribution in [0.1, 0.15) is 26.7 Å². The molecule has 0 aliphatic heterocycles. The summed E-state index contributed by atoms with van der Waals surface area (Å²) < 4.78 is 131. The average molecular weight is 846 g/mol. The number of hydrogen-bond acceptors (Lipinski definition) is 21. The molecule has 0 amide bonds. The number of rotatable bonds is 39. The van der Waals surface area contributed by atoms with Gasteiger partial charge >= 0.3 is 31.3 Å². The van der Waals surface area contributed by atoms with E-state index in [0.29, 0.717) is 6.42 Å². The number of unbranched alkanes of at least 4 members (excludes halogenated alkanes) is 1. The number of phosphoric acid groups is 4. The highest BCUT2D eigenvalue weighted by atomic mass is 31.2. The summed E-state index contributed by atoms with van der Waals surface area (Å²) in [6.07, 6.45) is 2.21.